The lowest BCUT2D eigenvalue weighted by atomic mass is 9.93. The van der Waals surface area contributed by atoms with Gasteiger partial charge in [-0.05, 0) is 38.7 Å². The summed E-state index contributed by atoms with van der Waals surface area (Å²) in [7, 11) is 1.79. The van der Waals surface area contributed by atoms with Crippen LogP contribution in [0.5, 0.6) is 0 Å². The molecule has 1 N–H and O–H groups in total. The van der Waals surface area contributed by atoms with E-state index >= 15 is 0 Å². The number of ether oxygens (including phenoxy) is 1. The van der Waals surface area contributed by atoms with Crippen molar-refractivity contribution in [1.29, 1.82) is 0 Å². The zero-order valence-electron chi connectivity index (χ0n) is 16.0. The van der Waals surface area contributed by atoms with E-state index in [1.807, 2.05) is 46.7 Å². The maximum absolute atomic E-state index is 5.45. The third kappa shape index (κ3) is 2.99. The molecule has 0 spiro atoms. The molecule has 8 nitrogen and oxygen atoms in total. The van der Waals surface area contributed by atoms with E-state index in [0.29, 0.717) is 23.9 Å². The fraction of sp³-hybridized carbons (Fsp3) is 0.400. The molecule has 4 aromatic rings. The zero-order valence-corrected chi connectivity index (χ0v) is 16.0. The summed E-state index contributed by atoms with van der Waals surface area (Å²) in [4.78, 5) is 13.3. The van der Waals surface area contributed by atoms with Crippen molar-refractivity contribution in [3.8, 4) is 11.1 Å². The lowest BCUT2D eigenvalue weighted by molar-refractivity contribution is 0.0681. The van der Waals surface area contributed by atoms with Crippen molar-refractivity contribution >= 4 is 17.2 Å². The normalized spacial score (nSPS) is 20.1. The van der Waals surface area contributed by atoms with E-state index in [9.17, 15) is 0 Å². The topological polar surface area (TPSA) is 81.6 Å². The lowest BCUT2D eigenvalue weighted by Gasteiger charge is -2.28. The second-order valence-electron chi connectivity index (χ2n) is 7.41. The Morgan fingerprint density at radius 2 is 1.89 bits per heavy atom. The molecular weight excluding hydrogens is 354 g/mol. The number of aromatic nitrogens is 6. The average Bonchev–Trinajstić information content (AvgIpc) is 3.32. The zero-order chi connectivity index (χ0) is 19.1. The summed E-state index contributed by atoms with van der Waals surface area (Å²) in [6.45, 7) is 2.02. The number of hydrogen-bond donors (Lipinski definition) is 1. The summed E-state index contributed by atoms with van der Waals surface area (Å²) >= 11 is 0. The molecule has 0 radical (unpaired) electrons. The second kappa shape index (κ2) is 6.87. The van der Waals surface area contributed by atoms with Gasteiger partial charge in [0.15, 0.2) is 0 Å². The largest absolute Gasteiger partial charge is 0.381 e. The summed E-state index contributed by atoms with van der Waals surface area (Å²) < 4.78 is 9.31. The van der Waals surface area contributed by atoms with Gasteiger partial charge < -0.3 is 10.1 Å². The van der Waals surface area contributed by atoms with Crippen LogP contribution >= 0.6 is 0 Å². The van der Waals surface area contributed by atoms with Gasteiger partial charge in [-0.2, -0.15) is 0 Å². The Hall–Kier alpha value is -3.00. The van der Waals surface area contributed by atoms with Crippen LogP contribution in [-0.2, 0) is 4.74 Å². The molecule has 1 saturated carbocycles. The van der Waals surface area contributed by atoms with Crippen LogP contribution in [-0.4, -0.2) is 48.2 Å². The van der Waals surface area contributed by atoms with Gasteiger partial charge in [-0.1, -0.05) is 0 Å². The predicted molar refractivity (Wildman–Crippen MR) is 106 cm³/mol. The summed E-state index contributed by atoms with van der Waals surface area (Å²) in [5.41, 5.74) is 4.07. The molecule has 0 atom stereocenters. The van der Waals surface area contributed by atoms with Crippen LogP contribution < -0.4 is 5.32 Å². The van der Waals surface area contributed by atoms with Gasteiger partial charge in [0.25, 0.3) is 0 Å². The number of nitrogens with one attached hydrogen (secondary N) is 1. The number of nitrogens with zero attached hydrogens (tertiary/aromatic N) is 6. The van der Waals surface area contributed by atoms with E-state index in [4.69, 9.17) is 4.74 Å². The highest BCUT2D eigenvalue weighted by Crippen LogP contribution is 2.26. The highest BCUT2D eigenvalue weighted by atomic mass is 16.5. The molecule has 28 heavy (non-hydrogen) atoms. The first-order valence-corrected chi connectivity index (χ1v) is 9.65. The molecule has 0 saturated heterocycles. The fourth-order valence-corrected chi connectivity index (χ4v) is 3.96. The second-order valence-corrected chi connectivity index (χ2v) is 7.41. The van der Waals surface area contributed by atoms with Crippen molar-refractivity contribution in [3.63, 3.8) is 0 Å². The van der Waals surface area contributed by atoms with Crippen molar-refractivity contribution in [2.45, 2.75) is 44.8 Å². The molecule has 0 aliphatic heterocycles. The number of methoxy groups -OCH3 is 1. The van der Waals surface area contributed by atoms with E-state index in [0.717, 1.165) is 48.0 Å². The van der Waals surface area contributed by atoms with E-state index in [-0.39, 0.29) is 0 Å². The molecule has 8 heteroatoms. The Balaban J connectivity index is 1.41. The quantitative estimate of drug-likeness (QED) is 0.588. The number of aryl methyl sites for hydroxylation is 1. The first kappa shape index (κ1) is 17.1. The van der Waals surface area contributed by atoms with Crippen LogP contribution in [0, 0.1) is 6.92 Å². The summed E-state index contributed by atoms with van der Waals surface area (Å²) in [6, 6.07) is 2.45. The molecule has 5 rings (SSSR count). The highest BCUT2D eigenvalue weighted by Gasteiger charge is 2.21. The van der Waals surface area contributed by atoms with E-state index in [2.05, 4.69) is 31.6 Å². The molecule has 1 aliphatic carbocycles. The predicted octanol–water partition coefficient (Wildman–Crippen LogP) is 3.12. The van der Waals surface area contributed by atoms with Crippen LogP contribution in [0.15, 0.2) is 37.1 Å². The van der Waals surface area contributed by atoms with Gasteiger partial charge in [-0.3, -0.25) is 4.40 Å². The Kier molecular flexibility index (Phi) is 4.20. The lowest BCUT2D eigenvalue weighted by Crippen LogP contribution is -2.30. The van der Waals surface area contributed by atoms with Gasteiger partial charge in [-0.15, -0.1) is 5.10 Å². The molecule has 0 unspecified atom stereocenters. The van der Waals surface area contributed by atoms with Gasteiger partial charge in [-0.25, -0.2) is 19.5 Å². The smallest absolute Gasteiger partial charge is 0.241 e. The maximum Gasteiger partial charge on any atom is 0.241 e. The van der Waals surface area contributed by atoms with Gasteiger partial charge in [0.1, 0.15) is 0 Å². The molecule has 4 aromatic heterocycles. The number of imidazole rings is 1. The number of anilines is 1. The minimum Gasteiger partial charge on any atom is -0.381 e. The molecule has 0 aromatic carbocycles. The van der Waals surface area contributed by atoms with Crippen LogP contribution in [0.25, 0.3) is 22.4 Å². The first-order chi connectivity index (χ1) is 13.7. The molecule has 144 valence electrons. The van der Waals surface area contributed by atoms with Crippen molar-refractivity contribution in [2.24, 2.45) is 0 Å². The standard InChI is InChI=1S/C20H23N7O/c1-13-9-22-20-23-10-14(12-26(13)20)17-7-8-27-18(17)11-21-19(25-27)24-15-3-5-16(28-2)6-4-15/h7-12,15-16H,3-6H2,1-2H3,(H,24,25). The summed E-state index contributed by atoms with van der Waals surface area (Å²) in [5.74, 6) is 1.37. The summed E-state index contributed by atoms with van der Waals surface area (Å²) in [6.07, 6.45) is 14.3. The minimum absolute atomic E-state index is 0.388. The van der Waals surface area contributed by atoms with Crippen molar-refractivity contribution in [1.82, 2.24) is 29.0 Å². The molecule has 1 fully saturated rings. The van der Waals surface area contributed by atoms with Crippen LogP contribution in [0.1, 0.15) is 31.4 Å². The Morgan fingerprint density at radius 1 is 1.07 bits per heavy atom. The van der Waals surface area contributed by atoms with Gasteiger partial charge in [0.05, 0.1) is 24.0 Å². The Labute approximate surface area is 162 Å². The monoisotopic (exact) mass is 377 g/mol. The van der Waals surface area contributed by atoms with E-state index in [1.54, 1.807) is 7.11 Å². The fourth-order valence-electron chi connectivity index (χ4n) is 3.96. The Bertz CT molecular complexity index is 1120. The molecule has 1 aliphatic rings. The van der Waals surface area contributed by atoms with Gasteiger partial charge >= 0.3 is 0 Å². The minimum atomic E-state index is 0.388. The third-order valence-corrected chi connectivity index (χ3v) is 5.62. The SMILES string of the molecule is COC1CCC(Nc2ncc3c(-c4cnc5ncc(C)n5c4)ccn3n2)CC1. The van der Waals surface area contributed by atoms with Crippen LogP contribution in [0.3, 0.4) is 0 Å². The number of rotatable bonds is 4. The average molecular weight is 377 g/mol. The van der Waals surface area contributed by atoms with E-state index < -0.39 is 0 Å². The van der Waals surface area contributed by atoms with Gasteiger partial charge in [0, 0.05) is 48.6 Å². The number of fused-ring (bicyclic) bond motifs is 2. The molecule has 4 heterocycles. The molecule has 0 amide bonds. The molecule has 0 bridgehead atoms. The van der Waals surface area contributed by atoms with Crippen molar-refractivity contribution in [2.75, 3.05) is 12.4 Å². The van der Waals surface area contributed by atoms with Crippen LogP contribution in [0.4, 0.5) is 5.95 Å². The highest BCUT2D eigenvalue weighted by molar-refractivity contribution is 5.79. The maximum atomic E-state index is 5.45. The molecular formula is C20H23N7O. The Morgan fingerprint density at radius 3 is 2.71 bits per heavy atom. The first-order valence-electron chi connectivity index (χ1n) is 9.65. The van der Waals surface area contributed by atoms with Crippen molar-refractivity contribution in [3.05, 3.63) is 42.7 Å². The van der Waals surface area contributed by atoms with Crippen LogP contribution in [0.2, 0.25) is 0 Å². The van der Waals surface area contributed by atoms with E-state index in [1.165, 1.54) is 0 Å². The third-order valence-electron chi connectivity index (χ3n) is 5.62. The van der Waals surface area contributed by atoms with Gasteiger partial charge in [0.2, 0.25) is 11.7 Å². The number of hydrogen-bond acceptors (Lipinski definition) is 6. The van der Waals surface area contributed by atoms with Crippen molar-refractivity contribution < 1.29 is 4.74 Å². The summed E-state index contributed by atoms with van der Waals surface area (Å²) in [5, 5.41) is 8.12.